The number of benzene rings is 1. The highest BCUT2D eigenvalue weighted by Crippen LogP contribution is 2.37. The van der Waals surface area contributed by atoms with Gasteiger partial charge in [0.25, 0.3) is 0 Å². The van der Waals surface area contributed by atoms with Gasteiger partial charge in [-0.2, -0.15) is 26.3 Å². The normalized spacial score (nSPS) is 21.2. The van der Waals surface area contributed by atoms with Crippen LogP contribution in [0.25, 0.3) is 0 Å². The first-order valence-electron chi connectivity index (χ1n) is 8.44. The Labute approximate surface area is 162 Å². The Morgan fingerprint density at radius 1 is 0.966 bits per heavy atom. The molecule has 29 heavy (non-hydrogen) atoms. The lowest BCUT2D eigenvalue weighted by molar-refractivity contribution is -0.138. The minimum Gasteiger partial charge on any atom is -0.373 e. The van der Waals surface area contributed by atoms with Crippen LogP contribution in [0.1, 0.15) is 35.6 Å². The monoisotopic (exact) mass is 439 g/mol. The molecule has 0 N–H and O–H groups in total. The van der Waals surface area contributed by atoms with Crippen molar-refractivity contribution in [2.75, 3.05) is 6.61 Å². The lowest BCUT2D eigenvalue weighted by atomic mass is 10.0. The lowest BCUT2D eigenvalue weighted by Gasteiger charge is -2.30. The molecule has 2 atom stereocenters. The SMILES string of the molecule is O=S(=O)(c1cccc(C(F)(F)F)c1)C1CCOC(c2cncc(C(F)(F)F)c2)C1. The standard InChI is InChI=1S/C18H15F6NO3S/c19-17(20,21)12-2-1-3-14(7-12)29(26,27)15-4-5-28-16(8-15)11-6-13(10-25-9-11)18(22,23)24/h1-3,6-7,9-10,15-16H,4-5,8H2. The summed E-state index contributed by atoms with van der Waals surface area (Å²) >= 11 is 0. The van der Waals surface area contributed by atoms with Crippen molar-refractivity contribution >= 4 is 9.84 Å². The predicted octanol–water partition coefficient (Wildman–Crippen LogP) is 4.81. The van der Waals surface area contributed by atoms with Crippen LogP contribution >= 0.6 is 0 Å². The second-order valence-corrected chi connectivity index (χ2v) is 8.81. The maximum absolute atomic E-state index is 12.9. The van der Waals surface area contributed by atoms with Crippen molar-refractivity contribution in [1.82, 2.24) is 4.98 Å². The van der Waals surface area contributed by atoms with Crippen LogP contribution in [-0.2, 0) is 26.9 Å². The fraction of sp³-hybridized carbons (Fsp3) is 0.389. The third kappa shape index (κ3) is 4.72. The molecule has 0 radical (unpaired) electrons. The van der Waals surface area contributed by atoms with Crippen LogP contribution in [0.5, 0.6) is 0 Å². The number of alkyl halides is 6. The smallest absolute Gasteiger partial charge is 0.373 e. The first-order chi connectivity index (χ1) is 13.4. The highest BCUT2D eigenvalue weighted by atomic mass is 32.2. The first-order valence-corrected chi connectivity index (χ1v) is 9.98. The van der Waals surface area contributed by atoms with Gasteiger partial charge in [0, 0.05) is 19.0 Å². The summed E-state index contributed by atoms with van der Waals surface area (Å²) in [6.07, 6.45) is -8.68. The Morgan fingerprint density at radius 2 is 1.66 bits per heavy atom. The number of hydrogen-bond donors (Lipinski definition) is 0. The second-order valence-electron chi connectivity index (χ2n) is 6.58. The maximum Gasteiger partial charge on any atom is 0.417 e. The Balaban J connectivity index is 1.87. The number of hydrogen-bond acceptors (Lipinski definition) is 4. The zero-order valence-corrected chi connectivity index (χ0v) is 15.5. The van der Waals surface area contributed by atoms with Crippen LogP contribution in [0.3, 0.4) is 0 Å². The van der Waals surface area contributed by atoms with E-state index in [1.807, 2.05) is 0 Å². The molecule has 3 rings (SSSR count). The Hall–Kier alpha value is -2.14. The third-order valence-electron chi connectivity index (χ3n) is 4.62. The van der Waals surface area contributed by atoms with Gasteiger partial charge < -0.3 is 4.74 Å². The van der Waals surface area contributed by atoms with Crippen LogP contribution in [-0.4, -0.2) is 25.3 Å². The quantitative estimate of drug-likeness (QED) is 0.644. The molecule has 1 aliphatic heterocycles. The fourth-order valence-corrected chi connectivity index (χ4v) is 4.89. The maximum atomic E-state index is 12.9. The van der Waals surface area contributed by atoms with Gasteiger partial charge in [0.1, 0.15) is 0 Å². The molecule has 4 nitrogen and oxygen atoms in total. The van der Waals surface area contributed by atoms with Crippen LogP contribution < -0.4 is 0 Å². The first kappa shape index (κ1) is 21.6. The molecule has 1 fully saturated rings. The summed E-state index contributed by atoms with van der Waals surface area (Å²) in [4.78, 5) is 3.05. The van der Waals surface area contributed by atoms with E-state index in [1.54, 1.807) is 0 Å². The summed E-state index contributed by atoms with van der Waals surface area (Å²) in [5, 5.41) is -1.10. The van der Waals surface area contributed by atoms with Crippen molar-refractivity contribution in [2.24, 2.45) is 0 Å². The number of rotatable bonds is 3. The molecule has 0 aliphatic carbocycles. The van der Waals surface area contributed by atoms with E-state index in [4.69, 9.17) is 4.74 Å². The largest absolute Gasteiger partial charge is 0.417 e. The van der Waals surface area contributed by atoms with Crippen molar-refractivity contribution in [3.05, 3.63) is 59.4 Å². The summed E-state index contributed by atoms with van der Waals surface area (Å²) in [5.41, 5.74) is -2.03. The molecule has 2 aromatic rings. The van der Waals surface area contributed by atoms with Crippen molar-refractivity contribution in [2.45, 2.75) is 41.4 Å². The van der Waals surface area contributed by atoms with E-state index in [9.17, 15) is 34.8 Å². The molecule has 1 aromatic carbocycles. The van der Waals surface area contributed by atoms with Crippen LogP contribution in [0.4, 0.5) is 26.3 Å². The predicted molar refractivity (Wildman–Crippen MR) is 89.6 cm³/mol. The van der Waals surface area contributed by atoms with Gasteiger partial charge in [-0.05, 0) is 42.7 Å². The second kappa shape index (κ2) is 7.60. The molecular weight excluding hydrogens is 424 g/mol. The van der Waals surface area contributed by atoms with Crippen LogP contribution in [0.2, 0.25) is 0 Å². The highest BCUT2D eigenvalue weighted by Gasteiger charge is 2.38. The van der Waals surface area contributed by atoms with E-state index in [2.05, 4.69) is 4.98 Å². The summed E-state index contributed by atoms with van der Waals surface area (Å²) in [5.74, 6) is 0. The van der Waals surface area contributed by atoms with Gasteiger partial charge in [-0.1, -0.05) is 6.07 Å². The molecule has 11 heteroatoms. The molecule has 0 amide bonds. The molecule has 1 saturated heterocycles. The number of aromatic nitrogens is 1. The molecule has 0 saturated carbocycles. The summed E-state index contributed by atoms with van der Waals surface area (Å²) in [6.45, 7) is -0.0657. The van der Waals surface area contributed by atoms with E-state index in [1.165, 1.54) is 0 Å². The molecule has 158 valence electrons. The van der Waals surface area contributed by atoms with Crippen LogP contribution in [0, 0.1) is 0 Å². The number of nitrogens with zero attached hydrogens (tertiary/aromatic N) is 1. The number of sulfone groups is 1. The van der Waals surface area contributed by atoms with Crippen molar-refractivity contribution < 1.29 is 39.5 Å². The zero-order valence-electron chi connectivity index (χ0n) is 14.7. The molecule has 1 aliphatic rings. The number of ether oxygens (including phenoxy) is 1. The highest BCUT2D eigenvalue weighted by molar-refractivity contribution is 7.92. The van der Waals surface area contributed by atoms with Crippen molar-refractivity contribution in [3.63, 3.8) is 0 Å². The molecule has 1 aromatic heterocycles. The third-order valence-corrected chi connectivity index (χ3v) is 6.84. The summed E-state index contributed by atoms with van der Waals surface area (Å²) in [6, 6.07) is 4.23. The van der Waals surface area contributed by atoms with E-state index < -0.39 is 49.6 Å². The van der Waals surface area contributed by atoms with Crippen molar-refractivity contribution in [1.29, 1.82) is 0 Å². The summed E-state index contributed by atoms with van der Waals surface area (Å²) < 4.78 is 108. The zero-order chi connectivity index (χ0) is 21.4. The van der Waals surface area contributed by atoms with E-state index in [0.717, 1.165) is 30.5 Å². The van der Waals surface area contributed by atoms with Gasteiger partial charge in [-0.15, -0.1) is 0 Å². The van der Waals surface area contributed by atoms with Crippen LogP contribution in [0.15, 0.2) is 47.6 Å². The molecule has 2 heterocycles. The Morgan fingerprint density at radius 3 is 2.31 bits per heavy atom. The number of pyridine rings is 1. The molecular formula is C18H15F6NO3S. The van der Waals surface area contributed by atoms with Gasteiger partial charge in [-0.25, -0.2) is 8.42 Å². The molecule has 0 bridgehead atoms. The van der Waals surface area contributed by atoms with E-state index in [0.29, 0.717) is 12.3 Å². The minimum atomic E-state index is -4.70. The average Bonchev–Trinajstić information content (AvgIpc) is 2.67. The van der Waals surface area contributed by atoms with Gasteiger partial charge in [0.05, 0.1) is 27.4 Å². The van der Waals surface area contributed by atoms with Gasteiger partial charge >= 0.3 is 12.4 Å². The average molecular weight is 439 g/mol. The minimum absolute atomic E-state index is 0.0153. The lowest BCUT2D eigenvalue weighted by Crippen LogP contribution is -2.31. The van der Waals surface area contributed by atoms with E-state index >= 15 is 0 Å². The molecule has 0 spiro atoms. The van der Waals surface area contributed by atoms with Crippen molar-refractivity contribution in [3.8, 4) is 0 Å². The summed E-state index contributed by atoms with van der Waals surface area (Å²) in [7, 11) is -4.15. The van der Waals surface area contributed by atoms with Gasteiger partial charge in [0.15, 0.2) is 9.84 Å². The van der Waals surface area contributed by atoms with Gasteiger partial charge in [0.2, 0.25) is 0 Å². The number of halogens is 6. The Kier molecular flexibility index (Phi) is 5.65. The fourth-order valence-electron chi connectivity index (χ4n) is 3.11. The topological polar surface area (TPSA) is 56.3 Å². The molecule has 2 unspecified atom stereocenters. The Bertz CT molecular complexity index is 988. The van der Waals surface area contributed by atoms with Gasteiger partial charge in [-0.3, -0.25) is 4.98 Å². The van der Waals surface area contributed by atoms with E-state index in [-0.39, 0.29) is 25.0 Å².